The third-order valence-electron chi connectivity index (χ3n) is 7.40. The summed E-state index contributed by atoms with van der Waals surface area (Å²) in [5, 5.41) is 2.85. The Kier molecular flexibility index (Phi) is 5.95. The quantitative estimate of drug-likeness (QED) is 0.839. The molecule has 29 heavy (non-hydrogen) atoms. The second kappa shape index (κ2) is 8.47. The van der Waals surface area contributed by atoms with Gasteiger partial charge in [0.15, 0.2) is 0 Å². The second-order valence-electron chi connectivity index (χ2n) is 9.48. The van der Waals surface area contributed by atoms with E-state index in [9.17, 15) is 9.59 Å². The van der Waals surface area contributed by atoms with Crippen molar-refractivity contribution in [2.75, 3.05) is 18.0 Å². The number of nitrogens with zero attached hydrogens (tertiary/aromatic N) is 2. The lowest BCUT2D eigenvalue weighted by Gasteiger charge is -2.43. The molecule has 1 saturated carbocycles. The minimum Gasteiger partial charge on any atom is -0.341 e. The van der Waals surface area contributed by atoms with Gasteiger partial charge in [0.05, 0.1) is 0 Å². The predicted octanol–water partition coefficient (Wildman–Crippen LogP) is 3.89. The van der Waals surface area contributed by atoms with Gasteiger partial charge in [-0.2, -0.15) is 0 Å². The SMILES string of the molecule is CC(=O)NC1C(=O)N(C2CCN([C@H]3CC[C@@H](C(C)C)CC3)CC2)c2ccccc21. The Morgan fingerprint density at radius 2 is 1.66 bits per heavy atom. The first-order valence-electron chi connectivity index (χ1n) is 11.4. The van der Waals surface area contributed by atoms with Crippen LogP contribution in [0.2, 0.25) is 0 Å². The van der Waals surface area contributed by atoms with E-state index >= 15 is 0 Å². The molecule has 5 nitrogen and oxygen atoms in total. The van der Waals surface area contributed by atoms with Gasteiger partial charge < -0.3 is 15.1 Å². The van der Waals surface area contributed by atoms with Crippen molar-refractivity contribution >= 4 is 17.5 Å². The van der Waals surface area contributed by atoms with Gasteiger partial charge in [0.2, 0.25) is 5.91 Å². The third kappa shape index (κ3) is 4.07. The number of fused-ring (bicyclic) bond motifs is 1. The highest BCUT2D eigenvalue weighted by atomic mass is 16.2. The summed E-state index contributed by atoms with van der Waals surface area (Å²) in [5.41, 5.74) is 1.91. The molecule has 2 fully saturated rings. The highest BCUT2D eigenvalue weighted by molar-refractivity contribution is 6.06. The molecule has 1 aliphatic carbocycles. The van der Waals surface area contributed by atoms with Crippen LogP contribution in [0.4, 0.5) is 5.69 Å². The van der Waals surface area contributed by atoms with Crippen LogP contribution in [0, 0.1) is 11.8 Å². The highest BCUT2D eigenvalue weighted by Crippen LogP contribution is 2.40. The highest BCUT2D eigenvalue weighted by Gasteiger charge is 2.42. The number of carbonyl (C=O) groups is 2. The molecule has 1 N–H and O–H groups in total. The molecule has 1 saturated heterocycles. The Morgan fingerprint density at radius 1 is 1.00 bits per heavy atom. The lowest BCUT2D eigenvalue weighted by atomic mass is 9.79. The summed E-state index contributed by atoms with van der Waals surface area (Å²) in [4.78, 5) is 29.5. The number of amides is 2. The van der Waals surface area contributed by atoms with Crippen LogP contribution in [0.25, 0.3) is 0 Å². The monoisotopic (exact) mass is 397 g/mol. The van der Waals surface area contributed by atoms with Crippen molar-refractivity contribution < 1.29 is 9.59 Å². The number of para-hydroxylation sites is 1. The van der Waals surface area contributed by atoms with Crippen LogP contribution < -0.4 is 10.2 Å². The molecule has 5 heteroatoms. The first kappa shape index (κ1) is 20.4. The molecule has 0 radical (unpaired) electrons. The Balaban J connectivity index is 1.40. The van der Waals surface area contributed by atoms with Crippen molar-refractivity contribution in [3.8, 4) is 0 Å². The van der Waals surface area contributed by atoms with Crippen LogP contribution >= 0.6 is 0 Å². The molecule has 1 aromatic carbocycles. The summed E-state index contributed by atoms with van der Waals surface area (Å²) in [6, 6.07) is 8.33. The average Bonchev–Trinajstić information content (AvgIpc) is 2.99. The van der Waals surface area contributed by atoms with Crippen molar-refractivity contribution in [3.05, 3.63) is 29.8 Å². The zero-order chi connectivity index (χ0) is 20.5. The molecule has 2 aliphatic heterocycles. The van der Waals surface area contributed by atoms with Crippen molar-refractivity contribution in [2.45, 2.75) is 77.4 Å². The van der Waals surface area contributed by atoms with Crippen molar-refractivity contribution in [2.24, 2.45) is 11.8 Å². The molecule has 158 valence electrons. The smallest absolute Gasteiger partial charge is 0.254 e. The summed E-state index contributed by atoms with van der Waals surface area (Å²) >= 11 is 0. The number of piperidine rings is 1. The van der Waals surface area contributed by atoms with E-state index in [1.54, 1.807) is 0 Å². The van der Waals surface area contributed by atoms with E-state index in [1.807, 2.05) is 29.2 Å². The molecular weight excluding hydrogens is 362 g/mol. The first-order chi connectivity index (χ1) is 14.0. The summed E-state index contributed by atoms with van der Waals surface area (Å²) < 4.78 is 0. The summed E-state index contributed by atoms with van der Waals surface area (Å²) in [6.07, 6.45) is 7.39. The van der Waals surface area contributed by atoms with Crippen molar-refractivity contribution in [1.29, 1.82) is 0 Å². The number of rotatable bonds is 4. The fourth-order valence-corrected chi connectivity index (χ4v) is 5.70. The van der Waals surface area contributed by atoms with E-state index in [2.05, 4.69) is 24.1 Å². The zero-order valence-corrected chi connectivity index (χ0v) is 18.1. The molecule has 1 atom stereocenters. The van der Waals surface area contributed by atoms with Gasteiger partial charge in [-0.25, -0.2) is 0 Å². The summed E-state index contributed by atoms with van der Waals surface area (Å²) in [6.45, 7) is 8.33. The third-order valence-corrected chi connectivity index (χ3v) is 7.40. The normalized spacial score (nSPS) is 28.6. The topological polar surface area (TPSA) is 52.7 Å². The molecule has 3 aliphatic rings. The second-order valence-corrected chi connectivity index (χ2v) is 9.48. The van der Waals surface area contributed by atoms with Crippen LogP contribution in [0.3, 0.4) is 0 Å². The molecule has 0 aromatic heterocycles. The largest absolute Gasteiger partial charge is 0.341 e. The van der Waals surface area contributed by atoms with E-state index in [0.717, 1.165) is 55.1 Å². The predicted molar refractivity (Wildman–Crippen MR) is 116 cm³/mol. The van der Waals surface area contributed by atoms with Gasteiger partial charge >= 0.3 is 0 Å². The number of carbonyl (C=O) groups excluding carboxylic acids is 2. The van der Waals surface area contributed by atoms with Crippen LogP contribution in [-0.4, -0.2) is 41.9 Å². The average molecular weight is 398 g/mol. The summed E-state index contributed by atoms with van der Waals surface area (Å²) in [5.74, 6) is 1.57. The number of benzene rings is 1. The van der Waals surface area contributed by atoms with E-state index in [1.165, 1.54) is 32.6 Å². The van der Waals surface area contributed by atoms with Gasteiger partial charge in [0, 0.05) is 43.3 Å². The van der Waals surface area contributed by atoms with E-state index in [4.69, 9.17) is 0 Å². The van der Waals surface area contributed by atoms with Crippen LogP contribution in [0.15, 0.2) is 24.3 Å². The lowest BCUT2D eigenvalue weighted by Crippen LogP contribution is -2.50. The maximum Gasteiger partial charge on any atom is 0.254 e. The number of likely N-dealkylation sites (tertiary alicyclic amines) is 1. The molecule has 1 unspecified atom stereocenters. The number of nitrogens with one attached hydrogen (secondary N) is 1. The lowest BCUT2D eigenvalue weighted by molar-refractivity contribution is -0.126. The van der Waals surface area contributed by atoms with Gasteiger partial charge in [0.25, 0.3) is 5.91 Å². The van der Waals surface area contributed by atoms with Crippen LogP contribution in [-0.2, 0) is 9.59 Å². The maximum atomic E-state index is 13.2. The first-order valence-corrected chi connectivity index (χ1v) is 11.4. The van der Waals surface area contributed by atoms with Gasteiger partial charge in [-0.15, -0.1) is 0 Å². The number of anilines is 1. The van der Waals surface area contributed by atoms with Crippen LogP contribution in [0.1, 0.15) is 70.9 Å². The molecular formula is C24H35N3O2. The van der Waals surface area contributed by atoms with Gasteiger partial charge in [-0.05, 0) is 56.4 Å². The minimum absolute atomic E-state index is 0.0253. The summed E-state index contributed by atoms with van der Waals surface area (Å²) in [7, 11) is 0. The standard InChI is InChI=1S/C24H35N3O2/c1-16(2)18-8-10-19(11-9-18)26-14-12-20(13-15-26)27-22-7-5-4-6-21(22)23(24(27)29)25-17(3)28/h4-7,16,18-20,23H,8-15H2,1-3H3,(H,25,28)/t18-,19+,23?. The molecule has 0 spiro atoms. The molecule has 0 bridgehead atoms. The molecule has 1 aromatic rings. The Bertz CT molecular complexity index is 746. The number of hydrogen-bond acceptors (Lipinski definition) is 3. The minimum atomic E-state index is -0.534. The van der Waals surface area contributed by atoms with Crippen LogP contribution in [0.5, 0.6) is 0 Å². The Morgan fingerprint density at radius 3 is 2.28 bits per heavy atom. The maximum absolute atomic E-state index is 13.2. The Hall–Kier alpha value is -1.88. The van der Waals surface area contributed by atoms with Gasteiger partial charge in [-0.1, -0.05) is 32.0 Å². The van der Waals surface area contributed by atoms with E-state index in [-0.39, 0.29) is 17.9 Å². The molecule has 4 rings (SSSR count). The van der Waals surface area contributed by atoms with Gasteiger partial charge in [0.1, 0.15) is 6.04 Å². The Labute approximate surface area is 174 Å². The van der Waals surface area contributed by atoms with E-state index < -0.39 is 6.04 Å². The number of hydrogen-bond donors (Lipinski definition) is 1. The van der Waals surface area contributed by atoms with Gasteiger partial charge in [-0.3, -0.25) is 9.59 Å². The fourth-order valence-electron chi connectivity index (χ4n) is 5.70. The fraction of sp³-hybridized carbons (Fsp3) is 0.667. The van der Waals surface area contributed by atoms with Crippen molar-refractivity contribution in [3.63, 3.8) is 0 Å². The van der Waals surface area contributed by atoms with E-state index in [0.29, 0.717) is 0 Å². The molecule has 2 amide bonds. The van der Waals surface area contributed by atoms with Crippen molar-refractivity contribution in [1.82, 2.24) is 10.2 Å². The molecule has 2 heterocycles. The zero-order valence-electron chi connectivity index (χ0n) is 18.1.